The van der Waals surface area contributed by atoms with Gasteiger partial charge in [0, 0.05) is 0 Å². The van der Waals surface area contributed by atoms with Crippen molar-refractivity contribution in [2.75, 3.05) is 0 Å². The SMILES string of the molecule is [Cs+].[I][Sn-]([I])[I]. The second-order valence-electron chi connectivity index (χ2n) is 0.214. The van der Waals surface area contributed by atoms with Gasteiger partial charge in [-0.3, -0.25) is 0 Å². The molecule has 0 spiro atoms. The van der Waals surface area contributed by atoms with Gasteiger partial charge in [0.1, 0.15) is 0 Å². The molecule has 0 rings (SSSR count). The molecule has 0 aliphatic rings. The Morgan fingerprint density at radius 1 is 1.00 bits per heavy atom. The van der Waals surface area contributed by atoms with Crippen LogP contribution >= 0.6 is 55.9 Å². The van der Waals surface area contributed by atoms with E-state index >= 15 is 0 Å². The van der Waals surface area contributed by atoms with E-state index in [1.54, 1.807) is 0 Å². The summed E-state index contributed by atoms with van der Waals surface area (Å²) in [4.78, 5) is 0. The molecular formula is CsI3Sn. The zero-order chi connectivity index (χ0) is 3.58. The predicted molar refractivity (Wildman–Crippen MR) is 47.8 cm³/mol. The van der Waals surface area contributed by atoms with Gasteiger partial charge in [0.25, 0.3) is 0 Å². The van der Waals surface area contributed by atoms with Crippen LogP contribution in [0.2, 0.25) is 0 Å². The molecule has 0 saturated heterocycles. The summed E-state index contributed by atoms with van der Waals surface area (Å²) in [6.07, 6.45) is 0. The Balaban J connectivity index is 0. The molecule has 0 amide bonds. The maximum atomic E-state index is 2.51. The van der Waals surface area contributed by atoms with Crippen LogP contribution in [0.1, 0.15) is 0 Å². The third-order valence-corrected chi connectivity index (χ3v) is 0. The van der Waals surface area contributed by atoms with Gasteiger partial charge in [-0.15, -0.1) is 0 Å². The van der Waals surface area contributed by atoms with Gasteiger partial charge in [0.2, 0.25) is 0 Å². The summed E-state index contributed by atoms with van der Waals surface area (Å²) in [5, 5.41) is 0. The first-order chi connectivity index (χ1) is 1.73. The van der Waals surface area contributed by atoms with E-state index in [-0.39, 0.29) is 68.9 Å². The summed E-state index contributed by atoms with van der Waals surface area (Å²) < 4.78 is 0. The van der Waals surface area contributed by atoms with Gasteiger partial charge in [-0.25, -0.2) is 0 Å². The van der Waals surface area contributed by atoms with Gasteiger partial charge in [-0.05, 0) is 0 Å². The molecule has 0 nitrogen and oxygen atoms in total. The van der Waals surface area contributed by atoms with E-state index in [1.165, 1.54) is 0 Å². The second kappa shape index (κ2) is 9.04. The summed E-state index contributed by atoms with van der Waals surface area (Å²) >= 11 is 7.54. The molecule has 0 saturated carbocycles. The third-order valence-electron chi connectivity index (χ3n) is 0. The first kappa shape index (κ1) is 12.7. The van der Waals surface area contributed by atoms with Gasteiger partial charge >= 0.3 is 133 Å². The van der Waals surface area contributed by atoms with Crippen molar-refractivity contribution in [1.82, 2.24) is 0 Å². The molecule has 5 heteroatoms. The molecule has 0 atom stereocenters. The maximum absolute atomic E-state index is 2.51. The molecule has 0 aliphatic heterocycles. The van der Waals surface area contributed by atoms with Crippen LogP contribution in [-0.2, 0) is 0 Å². The van der Waals surface area contributed by atoms with E-state index in [9.17, 15) is 0 Å². The molecule has 0 N–H and O–H groups in total. The average Bonchev–Trinajstić information content (AvgIpc) is 0.811. The van der Waals surface area contributed by atoms with Crippen molar-refractivity contribution in [1.29, 1.82) is 0 Å². The first-order valence-corrected chi connectivity index (χ1v) is 25.5. The van der Waals surface area contributed by atoms with Crippen LogP contribution in [0, 0.1) is 0 Å². The number of hydrogen-bond acceptors (Lipinski definition) is 0. The van der Waals surface area contributed by atoms with Gasteiger partial charge < -0.3 is 0 Å². The van der Waals surface area contributed by atoms with Crippen molar-refractivity contribution in [3.05, 3.63) is 0 Å². The van der Waals surface area contributed by atoms with Crippen LogP contribution in [0.25, 0.3) is 0 Å². The fourth-order valence-corrected chi connectivity index (χ4v) is 0. The van der Waals surface area contributed by atoms with Crippen LogP contribution in [0.4, 0.5) is 0 Å². The van der Waals surface area contributed by atoms with Crippen LogP contribution < -0.4 is 68.9 Å². The summed E-state index contributed by atoms with van der Waals surface area (Å²) in [6.45, 7) is 0. The number of rotatable bonds is 0. The fraction of sp³-hybridized carbons (Fsp3) is 0. The molecule has 0 radical (unpaired) electrons. The van der Waals surface area contributed by atoms with Crippen LogP contribution in [0.15, 0.2) is 0 Å². The molecule has 0 aliphatic carbocycles. The monoisotopic (exact) mass is 634 g/mol. The van der Waals surface area contributed by atoms with Crippen LogP contribution in [0.3, 0.4) is 0 Å². The Hall–Kier alpha value is 5.04. The molecule has 0 aromatic rings. The van der Waals surface area contributed by atoms with Crippen LogP contribution in [0.5, 0.6) is 0 Å². The zero-order valence-corrected chi connectivity index (χ0v) is 18.2. The van der Waals surface area contributed by atoms with Crippen molar-refractivity contribution < 1.29 is 68.9 Å². The van der Waals surface area contributed by atoms with Crippen molar-refractivity contribution in [3.63, 3.8) is 0 Å². The normalized spacial score (nSPS) is 7.20. The minimum atomic E-state index is -0.633. The Labute approximate surface area is 127 Å². The second-order valence-corrected chi connectivity index (χ2v) is 64.7. The van der Waals surface area contributed by atoms with E-state index in [4.69, 9.17) is 0 Å². The topological polar surface area (TPSA) is 0 Å². The molecule has 0 bridgehead atoms. The molecule has 5 heavy (non-hydrogen) atoms. The molecule has 26 valence electrons. The van der Waals surface area contributed by atoms with Crippen LogP contribution in [-0.4, -0.2) is 7.86 Å². The van der Waals surface area contributed by atoms with Gasteiger partial charge in [-0.2, -0.15) is 0 Å². The van der Waals surface area contributed by atoms with Gasteiger partial charge in [0.15, 0.2) is 0 Å². The summed E-state index contributed by atoms with van der Waals surface area (Å²) in [5.41, 5.74) is 0. The number of hydrogen-bond donors (Lipinski definition) is 0. The third kappa shape index (κ3) is 17.6. The van der Waals surface area contributed by atoms with E-state index in [1.807, 2.05) is 0 Å². The Morgan fingerprint density at radius 3 is 1.00 bits per heavy atom. The first-order valence-electron chi connectivity index (χ1n) is 0.567. The van der Waals surface area contributed by atoms with Crippen molar-refractivity contribution >= 4 is 63.8 Å². The van der Waals surface area contributed by atoms with Gasteiger partial charge in [0.05, 0.1) is 0 Å². The molecule has 0 heterocycles. The summed E-state index contributed by atoms with van der Waals surface area (Å²) in [6, 6.07) is 0. The van der Waals surface area contributed by atoms with E-state index < -0.39 is 7.86 Å². The van der Waals surface area contributed by atoms with Crippen molar-refractivity contribution in [3.8, 4) is 0 Å². The molecular weight excluding hydrogens is 632 g/mol. The predicted octanol–water partition coefficient (Wildman–Crippen LogP) is -0.720. The summed E-state index contributed by atoms with van der Waals surface area (Å²) in [5.74, 6) is 0. The van der Waals surface area contributed by atoms with E-state index in [2.05, 4.69) is 55.9 Å². The van der Waals surface area contributed by atoms with Crippen molar-refractivity contribution in [2.45, 2.75) is 0 Å². The molecule has 0 unspecified atom stereocenters. The minimum absolute atomic E-state index is 0. The van der Waals surface area contributed by atoms with Crippen molar-refractivity contribution in [2.24, 2.45) is 0 Å². The standard InChI is InChI=1S/Cs.3HI.Sn/h;3*1H;/q+1;;;;+2/p-3. The number of halogens is 3. The zero-order valence-electron chi connectivity index (χ0n) is 2.63. The van der Waals surface area contributed by atoms with Gasteiger partial charge in [-0.1, -0.05) is 0 Å². The fourth-order valence-electron chi connectivity index (χ4n) is 0. The van der Waals surface area contributed by atoms with E-state index in [0.717, 1.165) is 0 Å². The Morgan fingerprint density at radius 2 is 1.00 bits per heavy atom. The average molecular weight is 632 g/mol. The van der Waals surface area contributed by atoms with E-state index in [0.29, 0.717) is 0 Å². The molecule has 0 aromatic heterocycles. The quantitative estimate of drug-likeness (QED) is 0.245. The molecule has 0 fully saturated rings. The Bertz CT molecular complexity index is 11.6. The Kier molecular flexibility index (Phi) is 23.0. The summed E-state index contributed by atoms with van der Waals surface area (Å²) in [7, 11) is -0.633. The molecule has 0 aromatic carbocycles.